The first kappa shape index (κ1) is 11.7. The van der Waals surface area contributed by atoms with E-state index in [2.05, 4.69) is 4.74 Å². The molecule has 0 saturated heterocycles. The molecule has 1 aromatic rings. The molecule has 1 aromatic carbocycles. The number of benzene rings is 1. The van der Waals surface area contributed by atoms with Gasteiger partial charge >= 0.3 is 5.97 Å². The van der Waals surface area contributed by atoms with E-state index in [1.165, 1.54) is 7.11 Å². The van der Waals surface area contributed by atoms with E-state index >= 15 is 0 Å². The van der Waals surface area contributed by atoms with Crippen LogP contribution in [-0.2, 0) is 16.1 Å². The number of carbonyl (C=O) groups is 1. The zero-order chi connectivity index (χ0) is 11.1. The standard InChI is InChI=1S/C11H15NO3/c1-14-11(13)10-4-2-3-9(7-10)8-15-6-5-12/h2-4,7H,5-6,8,12H2,1H3. The Bertz CT molecular complexity index is 325. The fourth-order valence-corrected chi connectivity index (χ4v) is 1.18. The fraction of sp³-hybridized carbons (Fsp3) is 0.364. The molecule has 0 aliphatic carbocycles. The number of hydrogen-bond donors (Lipinski definition) is 1. The highest BCUT2D eigenvalue weighted by atomic mass is 16.5. The summed E-state index contributed by atoms with van der Waals surface area (Å²) >= 11 is 0. The van der Waals surface area contributed by atoms with Crippen molar-refractivity contribution in [1.82, 2.24) is 0 Å². The van der Waals surface area contributed by atoms with Gasteiger partial charge in [-0.05, 0) is 17.7 Å². The molecule has 0 amide bonds. The van der Waals surface area contributed by atoms with E-state index in [-0.39, 0.29) is 5.97 Å². The molecule has 0 spiro atoms. The molecule has 4 nitrogen and oxygen atoms in total. The van der Waals surface area contributed by atoms with E-state index < -0.39 is 0 Å². The number of methoxy groups -OCH3 is 1. The topological polar surface area (TPSA) is 61.5 Å². The number of hydrogen-bond acceptors (Lipinski definition) is 4. The van der Waals surface area contributed by atoms with Crippen molar-refractivity contribution in [3.8, 4) is 0 Å². The van der Waals surface area contributed by atoms with Crippen LogP contribution in [0.15, 0.2) is 24.3 Å². The highest BCUT2D eigenvalue weighted by Gasteiger charge is 2.05. The average molecular weight is 209 g/mol. The van der Waals surface area contributed by atoms with Gasteiger partial charge in [-0.25, -0.2) is 4.79 Å². The lowest BCUT2D eigenvalue weighted by Gasteiger charge is -2.04. The summed E-state index contributed by atoms with van der Waals surface area (Å²) in [6.07, 6.45) is 0. The summed E-state index contributed by atoms with van der Waals surface area (Å²) in [5.41, 5.74) is 6.76. The van der Waals surface area contributed by atoms with Crippen LogP contribution in [0.4, 0.5) is 0 Å². The second kappa shape index (κ2) is 6.16. The van der Waals surface area contributed by atoms with Crippen LogP contribution < -0.4 is 5.73 Å². The third-order valence-electron chi connectivity index (χ3n) is 1.88. The van der Waals surface area contributed by atoms with Gasteiger partial charge in [0.1, 0.15) is 0 Å². The van der Waals surface area contributed by atoms with Gasteiger partial charge in [-0.1, -0.05) is 12.1 Å². The van der Waals surface area contributed by atoms with E-state index in [0.717, 1.165) is 5.56 Å². The Kier molecular flexibility index (Phi) is 4.80. The second-order valence-corrected chi connectivity index (χ2v) is 3.03. The largest absolute Gasteiger partial charge is 0.465 e. The zero-order valence-electron chi connectivity index (χ0n) is 8.73. The van der Waals surface area contributed by atoms with Gasteiger partial charge in [-0.2, -0.15) is 0 Å². The first-order valence-corrected chi connectivity index (χ1v) is 4.73. The minimum absolute atomic E-state index is 0.337. The molecule has 15 heavy (non-hydrogen) atoms. The van der Waals surface area contributed by atoms with Crippen molar-refractivity contribution in [3.63, 3.8) is 0 Å². The van der Waals surface area contributed by atoms with E-state index in [1.54, 1.807) is 18.2 Å². The van der Waals surface area contributed by atoms with Gasteiger partial charge in [0.15, 0.2) is 0 Å². The van der Waals surface area contributed by atoms with Crippen molar-refractivity contribution in [2.24, 2.45) is 5.73 Å². The smallest absolute Gasteiger partial charge is 0.337 e. The van der Waals surface area contributed by atoms with Gasteiger partial charge in [-0.15, -0.1) is 0 Å². The Morgan fingerprint density at radius 3 is 2.93 bits per heavy atom. The highest BCUT2D eigenvalue weighted by Crippen LogP contribution is 2.07. The number of esters is 1. The molecule has 82 valence electrons. The van der Waals surface area contributed by atoms with Crippen LogP contribution in [0.2, 0.25) is 0 Å². The predicted octanol–water partition coefficient (Wildman–Crippen LogP) is 0.948. The molecule has 0 bridgehead atoms. The first-order valence-electron chi connectivity index (χ1n) is 4.73. The lowest BCUT2D eigenvalue weighted by molar-refractivity contribution is 0.0600. The van der Waals surface area contributed by atoms with Gasteiger partial charge < -0.3 is 15.2 Å². The van der Waals surface area contributed by atoms with Crippen molar-refractivity contribution in [3.05, 3.63) is 35.4 Å². The molecule has 0 radical (unpaired) electrons. The van der Waals surface area contributed by atoms with E-state index in [1.807, 2.05) is 6.07 Å². The summed E-state index contributed by atoms with van der Waals surface area (Å²) in [6, 6.07) is 7.15. The van der Waals surface area contributed by atoms with Crippen LogP contribution in [0, 0.1) is 0 Å². The van der Waals surface area contributed by atoms with Crippen LogP contribution in [0.5, 0.6) is 0 Å². The van der Waals surface area contributed by atoms with Crippen molar-refractivity contribution in [2.45, 2.75) is 6.61 Å². The Hall–Kier alpha value is -1.39. The van der Waals surface area contributed by atoms with Crippen LogP contribution in [0.3, 0.4) is 0 Å². The van der Waals surface area contributed by atoms with Crippen LogP contribution in [0.25, 0.3) is 0 Å². The minimum atomic E-state index is -0.337. The van der Waals surface area contributed by atoms with Gasteiger partial charge in [0.2, 0.25) is 0 Å². The van der Waals surface area contributed by atoms with Gasteiger partial charge in [-0.3, -0.25) is 0 Å². The maximum absolute atomic E-state index is 11.2. The molecular weight excluding hydrogens is 194 g/mol. The van der Waals surface area contributed by atoms with Crippen molar-refractivity contribution in [1.29, 1.82) is 0 Å². The Morgan fingerprint density at radius 1 is 1.47 bits per heavy atom. The molecule has 0 fully saturated rings. The average Bonchev–Trinajstić information content (AvgIpc) is 2.29. The molecule has 0 aliphatic heterocycles. The Labute approximate surface area is 89.0 Å². The Balaban J connectivity index is 2.62. The predicted molar refractivity (Wildman–Crippen MR) is 56.5 cm³/mol. The maximum Gasteiger partial charge on any atom is 0.337 e. The van der Waals surface area contributed by atoms with E-state index in [0.29, 0.717) is 25.3 Å². The normalized spacial score (nSPS) is 10.0. The van der Waals surface area contributed by atoms with Gasteiger partial charge in [0.05, 0.1) is 25.9 Å². The maximum atomic E-state index is 11.2. The van der Waals surface area contributed by atoms with Gasteiger partial charge in [0.25, 0.3) is 0 Å². The summed E-state index contributed by atoms with van der Waals surface area (Å²) < 4.78 is 9.88. The highest BCUT2D eigenvalue weighted by molar-refractivity contribution is 5.89. The van der Waals surface area contributed by atoms with Crippen LogP contribution in [0.1, 0.15) is 15.9 Å². The van der Waals surface area contributed by atoms with Crippen molar-refractivity contribution >= 4 is 5.97 Å². The van der Waals surface area contributed by atoms with Crippen molar-refractivity contribution < 1.29 is 14.3 Å². The number of nitrogens with two attached hydrogens (primary N) is 1. The number of carbonyl (C=O) groups excluding carboxylic acids is 1. The fourth-order valence-electron chi connectivity index (χ4n) is 1.18. The minimum Gasteiger partial charge on any atom is -0.465 e. The molecule has 0 atom stereocenters. The summed E-state index contributed by atoms with van der Waals surface area (Å²) in [7, 11) is 1.36. The number of ether oxygens (including phenoxy) is 2. The molecule has 0 aromatic heterocycles. The third-order valence-corrected chi connectivity index (χ3v) is 1.88. The molecule has 4 heteroatoms. The molecular formula is C11H15NO3. The summed E-state index contributed by atoms with van der Waals surface area (Å²) in [5.74, 6) is -0.337. The monoisotopic (exact) mass is 209 g/mol. The summed E-state index contributed by atoms with van der Waals surface area (Å²) in [5, 5.41) is 0. The van der Waals surface area contributed by atoms with Crippen LogP contribution in [-0.4, -0.2) is 26.2 Å². The first-order chi connectivity index (χ1) is 7.27. The molecule has 0 heterocycles. The second-order valence-electron chi connectivity index (χ2n) is 3.03. The molecule has 0 saturated carbocycles. The molecule has 2 N–H and O–H groups in total. The molecule has 1 rings (SSSR count). The summed E-state index contributed by atoms with van der Waals surface area (Å²) in [6.45, 7) is 1.47. The third kappa shape index (κ3) is 3.69. The van der Waals surface area contributed by atoms with Crippen LogP contribution >= 0.6 is 0 Å². The zero-order valence-corrected chi connectivity index (χ0v) is 8.73. The van der Waals surface area contributed by atoms with E-state index in [9.17, 15) is 4.79 Å². The van der Waals surface area contributed by atoms with E-state index in [4.69, 9.17) is 10.5 Å². The number of rotatable bonds is 5. The summed E-state index contributed by atoms with van der Waals surface area (Å²) in [4.78, 5) is 11.2. The Morgan fingerprint density at radius 2 is 2.27 bits per heavy atom. The van der Waals surface area contributed by atoms with Crippen molar-refractivity contribution in [2.75, 3.05) is 20.3 Å². The lowest BCUT2D eigenvalue weighted by atomic mass is 10.1. The molecule has 0 unspecified atom stereocenters. The quantitative estimate of drug-likeness (QED) is 0.579. The SMILES string of the molecule is COC(=O)c1cccc(COCCN)c1. The van der Waals surface area contributed by atoms with Gasteiger partial charge in [0, 0.05) is 6.54 Å². The molecule has 0 aliphatic rings. The lowest BCUT2D eigenvalue weighted by Crippen LogP contribution is -2.08.